The van der Waals surface area contributed by atoms with E-state index in [2.05, 4.69) is 26.3 Å². The van der Waals surface area contributed by atoms with Crippen molar-refractivity contribution >= 4 is 47.1 Å². The summed E-state index contributed by atoms with van der Waals surface area (Å²) in [7, 11) is 0. The number of alkyl carbamates (subject to hydrolysis) is 1. The molecule has 1 heterocycles. The summed E-state index contributed by atoms with van der Waals surface area (Å²) in [6.45, 7) is 5.66. The van der Waals surface area contributed by atoms with Crippen molar-refractivity contribution in [2.75, 3.05) is 5.32 Å². The first-order valence-corrected chi connectivity index (χ1v) is 14.8. The number of rotatable bonds is 10. The molecule has 45 heavy (non-hydrogen) atoms. The van der Waals surface area contributed by atoms with Crippen molar-refractivity contribution < 1.29 is 24.2 Å². The van der Waals surface area contributed by atoms with Crippen LogP contribution in [0.15, 0.2) is 72.8 Å². The minimum absolute atomic E-state index is 0.136. The number of ether oxygens (including phenoxy) is 1. The second-order valence-electron chi connectivity index (χ2n) is 11.1. The zero-order chi connectivity index (χ0) is 32.6. The van der Waals surface area contributed by atoms with Crippen LogP contribution < -0.4 is 21.3 Å². The fourth-order valence-electron chi connectivity index (χ4n) is 4.42. The number of H-pyrrole nitrogens is 1. The molecule has 0 spiro atoms. The summed E-state index contributed by atoms with van der Waals surface area (Å²) in [5.74, 6) is 0.437. The van der Waals surface area contributed by atoms with E-state index in [1.807, 2.05) is 30.3 Å². The molecule has 0 aliphatic rings. The second kappa shape index (κ2) is 14.8. The Hall–Kier alpha value is -4.74. The van der Waals surface area contributed by atoms with Crippen LogP contribution in [0.5, 0.6) is 0 Å². The number of urea groups is 1. The Morgan fingerprint density at radius 2 is 1.62 bits per heavy atom. The van der Waals surface area contributed by atoms with Gasteiger partial charge < -0.3 is 30.8 Å². The quantitative estimate of drug-likeness (QED) is 0.106. The maximum absolute atomic E-state index is 13.2. The van der Waals surface area contributed by atoms with Crippen LogP contribution in [-0.2, 0) is 24.2 Å². The first kappa shape index (κ1) is 33.2. The Kier molecular flexibility index (Phi) is 10.9. The highest BCUT2D eigenvalue weighted by atomic mass is 35.5. The lowest BCUT2D eigenvalue weighted by Gasteiger charge is -2.20. The van der Waals surface area contributed by atoms with E-state index < -0.39 is 29.9 Å². The Morgan fingerprint density at radius 1 is 0.933 bits per heavy atom. The van der Waals surface area contributed by atoms with E-state index in [9.17, 15) is 14.4 Å². The van der Waals surface area contributed by atoms with Crippen LogP contribution in [0.4, 0.5) is 20.1 Å². The molecule has 0 aliphatic carbocycles. The molecule has 1 atom stereocenters. The first-order valence-electron chi connectivity index (χ1n) is 14.0. The van der Waals surface area contributed by atoms with Gasteiger partial charge in [-0.05, 0) is 68.1 Å². The lowest BCUT2D eigenvalue weighted by atomic mass is 10.1. The third-order valence-electron chi connectivity index (χ3n) is 6.44. The van der Waals surface area contributed by atoms with Gasteiger partial charge in [0.2, 0.25) is 0 Å². The average Bonchev–Trinajstić information content (AvgIpc) is 3.36. The van der Waals surface area contributed by atoms with Crippen molar-refractivity contribution in [2.24, 2.45) is 0 Å². The van der Waals surface area contributed by atoms with Crippen LogP contribution in [0.1, 0.15) is 49.3 Å². The predicted octanol–water partition coefficient (Wildman–Crippen LogP) is 7.28. The van der Waals surface area contributed by atoms with E-state index in [0.29, 0.717) is 34.2 Å². The van der Waals surface area contributed by atoms with Gasteiger partial charge in [0.25, 0.3) is 0 Å². The van der Waals surface area contributed by atoms with Crippen LogP contribution in [0.3, 0.4) is 0 Å². The lowest BCUT2D eigenvalue weighted by Crippen LogP contribution is -2.39. The molecule has 6 N–H and O–H groups in total. The summed E-state index contributed by atoms with van der Waals surface area (Å²) in [6, 6.07) is 20.4. The summed E-state index contributed by atoms with van der Waals surface area (Å²) in [5, 5.41) is 20.6. The van der Waals surface area contributed by atoms with Crippen molar-refractivity contribution in [2.45, 2.75) is 51.9 Å². The summed E-state index contributed by atoms with van der Waals surface area (Å²) in [5.41, 5.74) is 3.33. The number of nitrogens with one attached hydrogen (secondary N) is 5. The van der Waals surface area contributed by atoms with Crippen molar-refractivity contribution in [1.29, 1.82) is 0 Å². The van der Waals surface area contributed by atoms with Gasteiger partial charge in [-0.1, -0.05) is 71.7 Å². The summed E-state index contributed by atoms with van der Waals surface area (Å²) in [6.07, 6.45) is -1.30. The van der Waals surface area contributed by atoms with Gasteiger partial charge in [0.05, 0.1) is 6.04 Å². The molecule has 0 saturated carbocycles. The number of hydrogen-bond donors (Lipinski definition) is 6. The van der Waals surface area contributed by atoms with Gasteiger partial charge in [-0.3, -0.25) is 5.32 Å². The number of benzene rings is 3. The van der Waals surface area contributed by atoms with Crippen LogP contribution in [-0.4, -0.2) is 38.9 Å². The van der Waals surface area contributed by atoms with E-state index in [1.54, 1.807) is 63.2 Å². The molecule has 13 heteroatoms. The standard InChI is InChI=1S/C32H34Cl2N6O5/c1-32(2,3)45-31(44)36-17-21-9-12-23(33)16-22(21)18-35-29(41)38-25(15-19-7-5-4-6-8-19)28-39-26(27(34)40-28)20-10-13-24(14-11-20)37-30(42)43/h4-14,16,25,37H,15,17-18H2,1-3H3,(H,36,44)(H,39,40)(H,42,43)(H2,35,38,41)/t25-/m0/s1. The fourth-order valence-corrected chi connectivity index (χ4v) is 4.87. The Balaban J connectivity index is 1.48. The SMILES string of the molecule is CC(C)(C)OC(=O)NCc1ccc(Cl)cc1CNC(=O)N[C@@H](Cc1ccccc1)c1nc(-c2ccc(NC(=O)O)cc2)c(Cl)[nH]1. The Labute approximate surface area is 270 Å². The number of amides is 4. The van der Waals surface area contributed by atoms with Crippen molar-refractivity contribution in [3.63, 3.8) is 0 Å². The van der Waals surface area contributed by atoms with Crippen molar-refractivity contribution in [1.82, 2.24) is 25.9 Å². The molecule has 236 valence electrons. The molecule has 11 nitrogen and oxygen atoms in total. The third kappa shape index (κ3) is 10.2. The fraction of sp³-hybridized carbons (Fsp3) is 0.250. The number of carbonyl (C=O) groups excluding carboxylic acids is 2. The molecular formula is C32H34Cl2N6O5. The molecule has 4 aromatic rings. The zero-order valence-corrected chi connectivity index (χ0v) is 26.4. The number of carboxylic acid groups (broad SMARTS) is 1. The number of hydrogen-bond acceptors (Lipinski definition) is 5. The first-order chi connectivity index (χ1) is 21.4. The van der Waals surface area contributed by atoms with Gasteiger partial charge in [0, 0.05) is 29.4 Å². The largest absolute Gasteiger partial charge is 0.465 e. The smallest absolute Gasteiger partial charge is 0.409 e. The molecule has 0 bridgehead atoms. The van der Waals surface area contributed by atoms with Gasteiger partial charge in [0.15, 0.2) is 0 Å². The maximum Gasteiger partial charge on any atom is 0.409 e. The maximum atomic E-state index is 13.2. The Morgan fingerprint density at radius 3 is 2.29 bits per heavy atom. The summed E-state index contributed by atoms with van der Waals surface area (Å²) < 4.78 is 5.31. The van der Waals surface area contributed by atoms with Crippen molar-refractivity contribution in [3.05, 3.63) is 105 Å². The van der Waals surface area contributed by atoms with Gasteiger partial charge in [0.1, 0.15) is 22.3 Å². The molecule has 4 amide bonds. The topological polar surface area (TPSA) is 157 Å². The van der Waals surface area contributed by atoms with E-state index >= 15 is 0 Å². The molecule has 1 aromatic heterocycles. The van der Waals surface area contributed by atoms with E-state index in [4.69, 9.17) is 38.0 Å². The normalized spacial score (nSPS) is 11.8. The lowest BCUT2D eigenvalue weighted by molar-refractivity contribution is 0.0523. The van der Waals surface area contributed by atoms with Crippen LogP contribution in [0.2, 0.25) is 10.2 Å². The van der Waals surface area contributed by atoms with Crippen molar-refractivity contribution in [3.8, 4) is 11.3 Å². The average molecular weight is 654 g/mol. The highest BCUT2D eigenvalue weighted by Gasteiger charge is 2.22. The van der Waals surface area contributed by atoms with E-state index in [0.717, 1.165) is 16.7 Å². The predicted molar refractivity (Wildman–Crippen MR) is 173 cm³/mol. The molecule has 4 rings (SSSR count). The number of aromatic nitrogens is 2. The second-order valence-corrected chi connectivity index (χ2v) is 11.9. The van der Waals surface area contributed by atoms with Crippen LogP contribution in [0, 0.1) is 0 Å². The molecule has 0 radical (unpaired) electrons. The zero-order valence-electron chi connectivity index (χ0n) is 24.9. The van der Waals surface area contributed by atoms with Gasteiger partial charge >= 0.3 is 18.2 Å². The third-order valence-corrected chi connectivity index (χ3v) is 6.94. The van der Waals surface area contributed by atoms with Gasteiger partial charge in [-0.2, -0.15) is 0 Å². The summed E-state index contributed by atoms with van der Waals surface area (Å²) in [4.78, 5) is 44.1. The molecular weight excluding hydrogens is 619 g/mol. The highest BCUT2D eigenvalue weighted by Crippen LogP contribution is 2.29. The molecule has 3 aromatic carbocycles. The molecule has 0 aliphatic heterocycles. The van der Waals surface area contributed by atoms with Crippen LogP contribution >= 0.6 is 23.2 Å². The number of aromatic amines is 1. The number of imidazole rings is 1. The summed E-state index contributed by atoms with van der Waals surface area (Å²) >= 11 is 12.8. The van der Waals surface area contributed by atoms with E-state index in [1.165, 1.54) is 0 Å². The number of anilines is 1. The van der Waals surface area contributed by atoms with Crippen LogP contribution in [0.25, 0.3) is 11.3 Å². The highest BCUT2D eigenvalue weighted by molar-refractivity contribution is 6.32. The molecule has 0 fully saturated rings. The number of carbonyl (C=O) groups is 3. The molecule has 0 saturated heterocycles. The Bertz CT molecular complexity index is 1640. The minimum atomic E-state index is -1.17. The van der Waals surface area contributed by atoms with Gasteiger partial charge in [-0.15, -0.1) is 0 Å². The van der Waals surface area contributed by atoms with Gasteiger partial charge in [-0.25, -0.2) is 19.4 Å². The number of nitrogens with zero attached hydrogens (tertiary/aromatic N) is 1. The molecule has 0 unspecified atom stereocenters. The number of halogens is 2. The monoisotopic (exact) mass is 652 g/mol. The minimum Gasteiger partial charge on any atom is -0.465 e. The van der Waals surface area contributed by atoms with E-state index in [-0.39, 0.29) is 18.2 Å².